The van der Waals surface area contributed by atoms with E-state index in [2.05, 4.69) is 12.8 Å². The molecule has 1 aliphatic rings. The van der Waals surface area contributed by atoms with Gasteiger partial charge in [0.2, 0.25) is 5.76 Å². The Morgan fingerprint density at radius 2 is 1.27 bits per heavy atom. The van der Waals surface area contributed by atoms with Crippen molar-refractivity contribution in [2.24, 2.45) is 0 Å². The van der Waals surface area contributed by atoms with Crippen LogP contribution >= 0.6 is 0 Å². The van der Waals surface area contributed by atoms with Crippen molar-refractivity contribution in [1.82, 2.24) is 0 Å². The quantitative estimate of drug-likeness (QED) is 0.281. The van der Waals surface area contributed by atoms with Gasteiger partial charge in [-0.2, -0.15) is 26.3 Å². The maximum absolute atomic E-state index is 11.4. The molecule has 3 radical (unpaired) electrons. The van der Waals surface area contributed by atoms with Gasteiger partial charge in [-0.3, -0.25) is 4.79 Å². The molecule has 9 heteroatoms. The summed E-state index contributed by atoms with van der Waals surface area (Å²) < 4.78 is 68.1. The van der Waals surface area contributed by atoms with Crippen molar-refractivity contribution >= 4 is 5.78 Å². The second kappa shape index (κ2) is 11.1. The van der Waals surface area contributed by atoms with Gasteiger partial charge in [-0.1, -0.05) is 25.7 Å². The van der Waals surface area contributed by atoms with Crippen LogP contribution in [0.4, 0.5) is 26.3 Å². The molecule has 0 bridgehead atoms. The molecular formula is C13H16AgF6O2. The Hall–Kier alpha value is -0.470. The molecule has 0 aromatic rings. The van der Waals surface area contributed by atoms with Crippen molar-refractivity contribution in [3.8, 4) is 0 Å². The summed E-state index contributed by atoms with van der Waals surface area (Å²) in [5.41, 5.74) is 0. The number of ketones is 1. The first-order valence-corrected chi connectivity index (χ1v) is 6.29. The van der Waals surface area contributed by atoms with Crippen LogP contribution in [0.15, 0.2) is 11.8 Å². The van der Waals surface area contributed by atoms with Crippen molar-refractivity contribution in [1.29, 1.82) is 0 Å². The predicted molar refractivity (Wildman–Crippen MR) is 64.1 cm³/mol. The average Bonchev–Trinajstić information content (AvgIpc) is 2.25. The van der Waals surface area contributed by atoms with E-state index in [1.54, 1.807) is 0 Å². The predicted octanol–water partition coefficient (Wildman–Crippen LogP) is 4.87. The van der Waals surface area contributed by atoms with E-state index in [0.29, 0.717) is 0 Å². The van der Waals surface area contributed by atoms with E-state index in [0.717, 1.165) is 0 Å². The molecule has 1 rings (SSSR count). The van der Waals surface area contributed by atoms with Gasteiger partial charge < -0.3 is 5.11 Å². The fourth-order valence-corrected chi connectivity index (χ4v) is 1.40. The fourth-order valence-electron chi connectivity index (χ4n) is 1.40. The standard InChI is InChI=1S/C8H14.C5H2F6O2.Ag/c1-2-4-6-8-7-5-3-1;6-4(7,8)2(12)1-3(13)5(9,10)11;/h1-2H,3-8H2;1,12H;/b;2-1-;. The molecule has 0 saturated heterocycles. The Balaban J connectivity index is 0. The van der Waals surface area contributed by atoms with Gasteiger partial charge in [0.05, 0.1) is 0 Å². The third-order valence-electron chi connectivity index (χ3n) is 2.50. The molecule has 0 unspecified atom stereocenters. The summed E-state index contributed by atoms with van der Waals surface area (Å²) in [7, 11) is 0. The molecule has 22 heavy (non-hydrogen) atoms. The Labute approximate surface area is 140 Å². The van der Waals surface area contributed by atoms with E-state index < -0.39 is 30.0 Å². The Bertz CT molecular complexity index is 325. The summed E-state index contributed by atoms with van der Waals surface area (Å²) in [5.74, 6) is -5.34. The first-order chi connectivity index (χ1) is 9.55. The van der Waals surface area contributed by atoms with Crippen molar-refractivity contribution in [2.45, 2.75) is 50.9 Å². The third-order valence-corrected chi connectivity index (χ3v) is 2.50. The van der Waals surface area contributed by atoms with Gasteiger partial charge in [-0.15, -0.1) is 0 Å². The monoisotopic (exact) mass is 425 g/mol. The number of alkyl halides is 6. The zero-order valence-electron chi connectivity index (χ0n) is 11.4. The van der Waals surface area contributed by atoms with Crippen LogP contribution in [-0.4, -0.2) is 23.2 Å². The van der Waals surface area contributed by atoms with Gasteiger partial charge in [0, 0.05) is 28.5 Å². The maximum atomic E-state index is 11.4. The maximum Gasteiger partial charge on any atom is 0.454 e. The van der Waals surface area contributed by atoms with Crippen LogP contribution in [-0.2, 0) is 27.2 Å². The normalized spacial score (nSPS) is 17.3. The zero-order chi connectivity index (χ0) is 16.5. The molecule has 1 N–H and O–H groups in total. The summed E-state index contributed by atoms with van der Waals surface area (Å²) in [4.78, 5) is 9.86. The van der Waals surface area contributed by atoms with Crippen molar-refractivity contribution in [3.05, 3.63) is 24.7 Å². The number of halogens is 6. The van der Waals surface area contributed by atoms with Gasteiger partial charge in [-0.25, -0.2) is 0 Å². The molecule has 1 aliphatic carbocycles. The van der Waals surface area contributed by atoms with Crippen LogP contribution in [0.2, 0.25) is 0 Å². The molecule has 0 heterocycles. The van der Waals surface area contributed by atoms with E-state index in [1.807, 2.05) is 0 Å². The van der Waals surface area contributed by atoms with E-state index in [9.17, 15) is 31.1 Å². The van der Waals surface area contributed by atoms with Gasteiger partial charge in [0.25, 0.3) is 5.78 Å². The SMILES string of the molecule is O=C(/C=C(\O)C(F)(F)F)C(F)(F)F.[Ag].[CH]1[CH]CCCCCC1. The van der Waals surface area contributed by atoms with Gasteiger partial charge in [-0.05, 0) is 25.7 Å². The number of aliphatic hydroxyl groups is 1. The molecule has 0 atom stereocenters. The van der Waals surface area contributed by atoms with Gasteiger partial charge >= 0.3 is 12.4 Å². The molecule has 133 valence electrons. The van der Waals surface area contributed by atoms with E-state index >= 15 is 0 Å². The molecule has 1 fully saturated rings. The second-order valence-corrected chi connectivity index (χ2v) is 4.35. The average molecular weight is 426 g/mol. The minimum atomic E-state index is -5.42. The van der Waals surface area contributed by atoms with Crippen molar-refractivity contribution in [2.75, 3.05) is 0 Å². The molecular weight excluding hydrogens is 410 g/mol. The van der Waals surface area contributed by atoms with E-state index in [4.69, 9.17) is 5.11 Å². The number of hydrogen-bond acceptors (Lipinski definition) is 2. The molecule has 1 saturated carbocycles. The first kappa shape index (κ1) is 23.8. The summed E-state index contributed by atoms with van der Waals surface area (Å²) in [6.07, 6.45) is 1.32. The minimum Gasteiger partial charge on any atom is -0.504 e. The van der Waals surface area contributed by atoms with Gasteiger partial charge in [0.1, 0.15) is 0 Å². The van der Waals surface area contributed by atoms with Crippen LogP contribution in [0.5, 0.6) is 0 Å². The number of carbonyl (C=O) groups is 1. The molecule has 0 aromatic carbocycles. The van der Waals surface area contributed by atoms with Crippen LogP contribution in [0.25, 0.3) is 0 Å². The number of hydrogen-bond donors (Lipinski definition) is 1. The van der Waals surface area contributed by atoms with Crippen LogP contribution in [0.3, 0.4) is 0 Å². The minimum absolute atomic E-state index is 0. The van der Waals surface area contributed by atoms with Crippen molar-refractivity contribution < 1.29 is 58.6 Å². The third kappa shape index (κ3) is 12.1. The smallest absolute Gasteiger partial charge is 0.454 e. The summed E-state index contributed by atoms with van der Waals surface area (Å²) in [5, 5.41) is 7.93. The largest absolute Gasteiger partial charge is 0.504 e. The zero-order valence-corrected chi connectivity index (χ0v) is 12.9. The molecule has 0 aliphatic heterocycles. The molecule has 2 nitrogen and oxygen atoms in total. The fraction of sp³-hybridized carbons (Fsp3) is 0.615. The Morgan fingerprint density at radius 1 is 0.864 bits per heavy atom. The molecule has 0 amide bonds. The van der Waals surface area contributed by atoms with Crippen LogP contribution in [0, 0.1) is 12.8 Å². The number of carbonyl (C=O) groups excluding carboxylic acids is 1. The summed E-state index contributed by atoms with van der Waals surface area (Å²) in [6.45, 7) is 0. The van der Waals surface area contributed by atoms with Gasteiger partial charge in [0.15, 0.2) is 0 Å². The summed E-state index contributed by atoms with van der Waals surface area (Å²) >= 11 is 0. The molecule has 0 spiro atoms. The molecule has 0 aromatic heterocycles. The summed E-state index contributed by atoms with van der Waals surface area (Å²) in [6, 6.07) is 0. The van der Waals surface area contributed by atoms with E-state index in [1.165, 1.54) is 38.5 Å². The number of allylic oxidation sites excluding steroid dienone is 2. The Kier molecular flexibility index (Phi) is 12.0. The second-order valence-electron chi connectivity index (χ2n) is 4.35. The van der Waals surface area contributed by atoms with E-state index in [-0.39, 0.29) is 22.4 Å². The first-order valence-electron chi connectivity index (χ1n) is 6.29. The topological polar surface area (TPSA) is 37.3 Å². The Morgan fingerprint density at radius 3 is 1.59 bits per heavy atom. The number of aliphatic hydroxyl groups excluding tert-OH is 1. The van der Waals surface area contributed by atoms with Crippen LogP contribution in [0.1, 0.15) is 38.5 Å². The van der Waals surface area contributed by atoms with Crippen molar-refractivity contribution in [3.63, 3.8) is 0 Å². The number of rotatable bonds is 1. The van der Waals surface area contributed by atoms with Crippen LogP contribution < -0.4 is 0 Å².